The molecule has 0 aliphatic carbocycles. The monoisotopic (exact) mass is 452 g/mol. The Hall–Kier alpha value is -3.48. The number of benzene rings is 2. The molecule has 2 N–H and O–H groups in total. The van der Waals surface area contributed by atoms with E-state index in [1.807, 2.05) is 46.8 Å². The lowest BCUT2D eigenvalue weighted by atomic mass is 10.0. The van der Waals surface area contributed by atoms with Crippen molar-refractivity contribution in [2.24, 2.45) is 0 Å². The molecule has 0 aliphatic rings. The minimum Gasteiger partial charge on any atom is -0.490 e. The molecule has 0 saturated heterocycles. The van der Waals surface area contributed by atoms with Crippen molar-refractivity contribution in [1.82, 2.24) is 10.3 Å². The lowest BCUT2D eigenvalue weighted by Crippen LogP contribution is -2.27. The Balaban J connectivity index is 1.77. The molecule has 176 valence electrons. The van der Waals surface area contributed by atoms with E-state index in [0.717, 1.165) is 16.5 Å². The molecule has 3 aromatic rings. The largest absolute Gasteiger partial charge is 0.490 e. The number of aromatic amines is 1. The van der Waals surface area contributed by atoms with Crippen molar-refractivity contribution in [2.75, 3.05) is 26.4 Å². The quantitative estimate of drug-likeness (QED) is 0.478. The number of carbonyl (C=O) groups excluding carboxylic acids is 1. The van der Waals surface area contributed by atoms with Gasteiger partial charge in [-0.2, -0.15) is 0 Å². The molecule has 0 radical (unpaired) electrons. The van der Waals surface area contributed by atoms with Crippen molar-refractivity contribution in [1.29, 1.82) is 0 Å². The van der Waals surface area contributed by atoms with Gasteiger partial charge in [-0.3, -0.25) is 9.59 Å². The van der Waals surface area contributed by atoms with Crippen LogP contribution in [0.25, 0.3) is 10.9 Å². The minimum atomic E-state index is -0.274. The number of nitrogens with one attached hydrogen (secondary N) is 2. The summed E-state index contributed by atoms with van der Waals surface area (Å²) in [6, 6.07) is 9.24. The number of carbonyl (C=O) groups is 1. The zero-order valence-corrected chi connectivity index (χ0v) is 20.0. The molecule has 0 fully saturated rings. The Kier molecular flexibility index (Phi) is 7.98. The third-order valence-electron chi connectivity index (χ3n) is 5.39. The molecule has 3 rings (SSSR count). The molecular weight excluding hydrogens is 420 g/mol. The predicted molar refractivity (Wildman–Crippen MR) is 130 cm³/mol. The summed E-state index contributed by atoms with van der Waals surface area (Å²) in [4.78, 5) is 28.3. The van der Waals surface area contributed by atoms with Crippen molar-refractivity contribution in [3.8, 4) is 17.2 Å². The minimum absolute atomic E-state index is 0.140. The summed E-state index contributed by atoms with van der Waals surface area (Å²) in [5, 5.41) is 3.87. The van der Waals surface area contributed by atoms with Crippen LogP contribution in [0, 0.1) is 13.8 Å². The number of rotatable bonds is 10. The summed E-state index contributed by atoms with van der Waals surface area (Å²) < 4.78 is 17.1. The summed E-state index contributed by atoms with van der Waals surface area (Å²) in [5.41, 5.74) is 4.01. The summed E-state index contributed by atoms with van der Waals surface area (Å²) in [6.07, 6.45) is 0.414. The molecule has 0 unspecified atom stereocenters. The van der Waals surface area contributed by atoms with Gasteiger partial charge >= 0.3 is 0 Å². The SMILES string of the molecule is CCOc1cc(C(=O)NCCc2cc3cc(C)c(C)cc3[nH]c2=O)cc(OCC)c1OCC. The van der Waals surface area contributed by atoms with Crippen LogP contribution in [-0.4, -0.2) is 37.3 Å². The number of hydrogen-bond acceptors (Lipinski definition) is 5. The van der Waals surface area contributed by atoms with E-state index in [2.05, 4.69) is 16.4 Å². The van der Waals surface area contributed by atoms with E-state index in [4.69, 9.17) is 14.2 Å². The zero-order valence-electron chi connectivity index (χ0n) is 20.0. The molecular formula is C26H32N2O5. The van der Waals surface area contributed by atoms with Crippen LogP contribution in [0.15, 0.2) is 35.1 Å². The summed E-state index contributed by atoms with van der Waals surface area (Å²) in [5.74, 6) is 1.15. The normalized spacial score (nSPS) is 10.8. The molecule has 1 heterocycles. The fourth-order valence-electron chi connectivity index (χ4n) is 3.64. The molecule has 0 saturated carbocycles. The molecule has 33 heavy (non-hydrogen) atoms. The molecule has 2 aromatic carbocycles. The third kappa shape index (κ3) is 5.66. The Morgan fingerprint density at radius 1 is 0.879 bits per heavy atom. The molecule has 7 nitrogen and oxygen atoms in total. The smallest absolute Gasteiger partial charge is 0.251 e. The number of H-pyrrole nitrogens is 1. The van der Waals surface area contributed by atoms with Gasteiger partial charge in [-0.05, 0) is 87.9 Å². The maximum atomic E-state index is 12.8. The Labute approximate surface area is 194 Å². The molecule has 0 atom stereocenters. The number of pyridine rings is 1. The van der Waals surface area contributed by atoms with Crippen LogP contribution >= 0.6 is 0 Å². The summed E-state index contributed by atoms with van der Waals surface area (Å²) >= 11 is 0. The highest BCUT2D eigenvalue weighted by Crippen LogP contribution is 2.39. The lowest BCUT2D eigenvalue weighted by Gasteiger charge is -2.17. The van der Waals surface area contributed by atoms with E-state index in [1.54, 1.807) is 12.1 Å². The van der Waals surface area contributed by atoms with Gasteiger partial charge in [0.25, 0.3) is 11.5 Å². The number of hydrogen-bond donors (Lipinski definition) is 2. The first-order valence-corrected chi connectivity index (χ1v) is 11.4. The van der Waals surface area contributed by atoms with Crippen molar-refractivity contribution < 1.29 is 19.0 Å². The fraction of sp³-hybridized carbons (Fsp3) is 0.385. The second-order valence-electron chi connectivity index (χ2n) is 7.75. The Bertz CT molecular complexity index is 1170. The van der Waals surface area contributed by atoms with Crippen LogP contribution in [0.2, 0.25) is 0 Å². The number of ether oxygens (including phenoxy) is 3. The van der Waals surface area contributed by atoms with Gasteiger partial charge in [-0.25, -0.2) is 0 Å². The molecule has 7 heteroatoms. The number of aromatic nitrogens is 1. The van der Waals surface area contributed by atoms with Gasteiger partial charge in [0.05, 0.1) is 19.8 Å². The molecule has 0 spiro atoms. The van der Waals surface area contributed by atoms with Crippen LogP contribution in [0.5, 0.6) is 17.2 Å². The van der Waals surface area contributed by atoms with Gasteiger partial charge in [-0.15, -0.1) is 0 Å². The maximum absolute atomic E-state index is 12.8. The van der Waals surface area contributed by atoms with E-state index in [-0.39, 0.29) is 11.5 Å². The maximum Gasteiger partial charge on any atom is 0.251 e. The van der Waals surface area contributed by atoms with Crippen molar-refractivity contribution in [3.63, 3.8) is 0 Å². The van der Waals surface area contributed by atoms with Crippen LogP contribution in [0.1, 0.15) is 47.8 Å². The van der Waals surface area contributed by atoms with Gasteiger partial charge in [-0.1, -0.05) is 0 Å². The molecule has 1 amide bonds. The predicted octanol–water partition coefficient (Wildman–Crippen LogP) is 4.31. The molecule has 0 aliphatic heterocycles. The fourth-order valence-corrected chi connectivity index (χ4v) is 3.64. The van der Waals surface area contributed by atoms with E-state index in [9.17, 15) is 9.59 Å². The van der Waals surface area contributed by atoms with E-state index >= 15 is 0 Å². The Morgan fingerprint density at radius 2 is 1.48 bits per heavy atom. The summed E-state index contributed by atoms with van der Waals surface area (Å²) in [7, 11) is 0. The van der Waals surface area contributed by atoms with Crippen molar-refractivity contribution in [2.45, 2.75) is 41.0 Å². The molecule has 0 bridgehead atoms. The second kappa shape index (κ2) is 10.9. The topological polar surface area (TPSA) is 89.7 Å². The zero-order chi connectivity index (χ0) is 24.0. The van der Waals surface area contributed by atoms with Gasteiger partial charge < -0.3 is 24.5 Å². The van der Waals surface area contributed by atoms with Crippen molar-refractivity contribution >= 4 is 16.8 Å². The second-order valence-corrected chi connectivity index (χ2v) is 7.75. The highest BCUT2D eigenvalue weighted by molar-refractivity contribution is 5.95. The highest BCUT2D eigenvalue weighted by atomic mass is 16.5. The van der Waals surface area contributed by atoms with Crippen LogP contribution < -0.4 is 25.1 Å². The lowest BCUT2D eigenvalue weighted by molar-refractivity contribution is 0.0953. The van der Waals surface area contributed by atoms with Gasteiger partial charge in [0.2, 0.25) is 5.75 Å². The number of aryl methyl sites for hydroxylation is 2. The number of amides is 1. The van der Waals surface area contributed by atoms with Gasteiger partial charge in [0.15, 0.2) is 11.5 Å². The van der Waals surface area contributed by atoms with Crippen LogP contribution in [-0.2, 0) is 6.42 Å². The summed E-state index contributed by atoms with van der Waals surface area (Å²) in [6.45, 7) is 11.3. The van der Waals surface area contributed by atoms with E-state index in [0.29, 0.717) is 61.2 Å². The van der Waals surface area contributed by atoms with E-state index < -0.39 is 0 Å². The van der Waals surface area contributed by atoms with Gasteiger partial charge in [0.1, 0.15) is 0 Å². The first-order chi connectivity index (χ1) is 15.9. The first kappa shape index (κ1) is 24.2. The average molecular weight is 453 g/mol. The Morgan fingerprint density at radius 3 is 2.09 bits per heavy atom. The average Bonchev–Trinajstić information content (AvgIpc) is 2.77. The van der Waals surface area contributed by atoms with Gasteiger partial charge in [0, 0.05) is 23.2 Å². The number of fused-ring (bicyclic) bond motifs is 1. The standard InChI is InChI=1S/C26H32N2O5/c1-6-31-22-14-20(15-23(32-7-2)24(22)33-8-3)25(29)27-10-9-18-13-19-11-16(4)17(5)12-21(19)28-26(18)30/h11-15H,6-10H2,1-5H3,(H,27,29)(H,28,30). The highest BCUT2D eigenvalue weighted by Gasteiger charge is 2.18. The van der Waals surface area contributed by atoms with Crippen LogP contribution in [0.3, 0.4) is 0 Å². The third-order valence-corrected chi connectivity index (χ3v) is 5.39. The van der Waals surface area contributed by atoms with E-state index in [1.165, 1.54) is 5.56 Å². The van der Waals surface area contributed by atoms with Crippen LogP contribution in [0.4, 0.5) is 0 Å². The first-order valence-electron chi connectivity index (χ1n) is 11.4. The molecule has 1 aromatic heterocycles. The van der Waals surface area contributed by atoms with Crippen molar-refractivity contribution in [3.05, 3.63) is 62.9 Å².